The minimum atomic E-state index is -0.206. The van der Waals surface area contributed by atoms with Crippen LogP contribution in [0.15, 0.2) is 18.2 Å². The first-order chi connectivity index (χ1) is 9.19. The molecule has 1 aromatic rings. The number of ether oxygens (including phenoxy) is 1. The summed E-state index contributed by atoms with van der Waals surface area (Å²) < 4.78 is 19.1. The van der Waals surface area contributed by atoms with E-state index < -0.39 is 0 Å². The molecule has 1 fully saturated rings. The number of piperidine rings is 1. The lowest BCUT2D eigenvalue weighted by atomic mass is 10.1. The van der Waals surface area contributed by atoms with Gasteiger partial charge in [0.25, 0.3) is 0 Å². The first-order valence-electron chi connectivity index (χ1n) is 6.58. The number of hydrogen-bond donors (Lipinski definition) is 1. The maximum Gasteiger partial charge on any atom is 0.127 e. The Balaban J connectivity index is 1.83. The second kappa shape index (κ2) is 7.20. The molecule has 0 radical (unpaired) electrons. The van der Waals surface area contributed by atoms with Crippen LogP contribution >= 0.6 is 11.6 Å². The molecule has 1 heterocycles. The van der Waals surface area contributed by atoms with E-state index in [1.807, 2.05) is 0 Å². The lowest BCUT2D eigenvalue weighted by molar-refractivity contribution is -0.00914. The van der Waals surface area contributed by atoms with Crippen molar-refractivity contribution in [3.05, 3.63) is 34.6 Å². The molecule has 1 aliphatic rings. The van der Waals surface area contributed by atoms with Gasteiger partial charge in [-0.05, 0) is 31.0 Å². The largest absolute Gasteiger partial charge is 0.394 e. The van der Waals surface area contributed by atoms with Gasteiger partial charge in [-0.1, -0.05) is 11.6 Å². The maximum atomic E-state index is 13.6. The zero-order valence-corrected chi connectivity index (χ0v) is 11.6. The zero-order valence-electron chi connectivity index (χ0n) is 10.8. The molecular weight excluding hydrogens is 269 g/mol. The zero-order chi connectivity index (χ0) is 13.7. The summed E-state index contributed by atoms with van der Waals surface area (Å²) in [6, 6.07) is 4.66. The molecule has 5 heteroatoms. The van der Waals surface area contributed by atoms with E-state index in [0.717, 1.165) is 25.9 Å². The Hall–Kier alpha value is -0.680. The van der Waals surface area contributed by atoms with Gasteiger partial charge in [-0.25, -0.2) is 4.39 Å². The summed E-state index contributed by atoms with van der Waals surface area (Å²) in [6.45, 7) is 2.80. The van der Waals surface area contributed by atoms with Gasteiger partial charge in [0.2, 0.25) is 0 Å². The van der Waals surface area contributed by atoms with Crippen molar-refractivity contribution < 1.29 is 14.2 Å². The number of likely N-dealkylation sites (tertiary alicyclic amines) is 1. The van der Waals surface area contributed by atoms with Crippen LogP contribution in [0, 0.1) is 5.82 Å². The van der Waals surface area contributed by atoms with Crippen LogP contribution in [0.5, 0.6) is 0 Å². The van der Waals surface area contributed by atoms with E-state index in [-0.39, 0.29) is 18.5 Å². The second-order valence-corrected chi connectivity index (χ2v) is 5.24. The van der Waals surface area contributed by atoms with Gasteiger partial charge in [-0.15, -0.1) is 0 Å². The monoisotopic (exact) mass is 287 g/mol. The van der Waals surface area contributed by atoms with E-state index in [4.69, 9.17) is 21.4 Å². The van der Waals surface area contributed by atoms with Crippen molar-refractivity contribution in [1.82, 2.24) is 4.90 Å². The van der Waals surface area contributed by atoms with Gasteiger partial charge in [0.1, 0.15) is 5.82 Å². The third kappa shape index (κ3) is 4.42. The average molecular weight is 288 g/mol. The minimum Gasteiger partial charge on any atom is -0.394 e. The molecule has 0 spiro atoms. The summed E-state index contributed by atoms with van der Waals surface area (Å²) >= 11 is 5.89. The highest BCUT2D eigenvalue weighted by atomic mass is 35.5. The topological polar surface area (TPSA) is 32.7 Å². The molecule has 1 aliphatic heterocycles. The van der Waals surface area contributed by atoms with Crippen molar-refractivity contribution in [2.75, 3.05) is 26.3 Å². The molecular formula is C14H19ClFNO2. The summed E-state index contributed by atoms with van der Waals surface area (Å²) in [7, 11) is 0. The van der Waals surface area contributed by atoms with Gasteiger partial charge in [-0.3, -0.25) is 4.90 Å². The molecule has 1 saturated heterocycles. The molecule has 0 amide bonds. The van der Waals surface area contributed by atoms with Gasteiger partial charge in [0.05, 0.1) is 19.3 Å². The van der Waals surface area contributed by atoms with Crippen molar-refractivity contribution in [2.45, 2.75) is 25.5 Å². The summed E-state index contributed by atoms with van der Waals surface area (Å²) in [6.07, 6.45) is 2.05. The molecule has 0 saturated carbocycles. The molecule has 0 aliphatic carbocycles. The highest BCUT2D eigenvalue weighted by Gasteiger charge is 2.20. The van der Waals surface area contributed by atoms with Gasteiger partial charge >= 0.3 is 0 Å². The number of benzene rings is 1. The van der Waals surface area contributed by atoms with Crippen molar-refractivity contribution >= 4 is 11.6 Å². The molecule has 0 bridgehead atoms. The summed E-state index contributed by atoms with van der Waals surface area (Å²) in [5, 5.41) is 9.28. The number of hydrogen-bond acceptors (Lipinski definition) is 3. The minimum absolute atomic E-state index is 0.0634. The van der Waals surface area contributed by atoms with Crippen molar-refractivity contribution in [1.29, 1.82) is 0 Å². The summed E-state index contributed by atoms with van der Waals surface area (Å²) in [5.41, 5.74) is 0.641. The molecule has 0 unspecified atom stereocenters. The lowest BCUT2D eigenvalue weighted by Crippen LogP contribution is -2.37. The molecule has 106 valence electrons. The van der Waals surface area contributed by atoms with Crippen LogP contribution < -0.4 is 0 Å². The number of rotatable bonds is 5. The number of nitrogens with zero attached hydrogens (tertiary/aromatic N) is 1. The predicted octanol–water partition coefficient (Wildman–Crippen LogP) is 2.45. The average Bonchev–Trinajstić information content (AvgIpc) is 2.42. The number of aliphatic hydroxyl groups is 1. The summed E-state index contributed by atoms with van der Waals surface area (Å²) in [4.78, 5) is 2.20. The standard InChI is InChI=1S/C14H19ClFNO2/c15-12-1-2-14(16)11(9-12)10-17-5-3-13(4-6-17)19-8-7-18/h1-2,9,13,18H,3-8,10H2. The van der Waals surface area contributed by atoms with Crippen LogP contribution in [-0.4, -0.2) is 42.4 Å². The summed E-state index contributed by atoms with van der Waals surface area (Å²) in [5.74, 6) is -0.206. The first-order valence-corrected chi connectivity index (χ1v) is 6.95. The Labute approximate surface area is 117 Å². The smallest absolute Gasteiger partial charge is 0.127 e. The van der Waals surface area contributed by atoms with Crippen LogP contribution in [-0.2, 0) is 11.3 Å². The van der Waals surface area contributed by atoms with E-state index in [1.54, 1.807) is 12.1 Å². The molecule has 1 aromatic carbocycles. The van der Waals surface area contributed by atoms with Crippen LogP contribution in [0.4, 0.5) is 4.39 Å². The predicted molar refractivity (Wildman–Crippen MR) is 72.7 cm³/mol. The number of aliphatic hydroxyl groups excluding tert-OH is 1. The van der Waals surface area contributed by atoms with Crippen molar-refractivity contribution in [3.63, 3.8) is 0 Å². The second-order valence-electron chi connectivity index (χ2n) is 4.81. The Bertz CT molecular complexity index is 408. The van der Waals surface area contributed by atoms with Gasteiger partial charge in [0, 0.05) is 30.2 Å². The highest BCUT2D eigenvalue weighted by molar-refractivity contribution is 6.30. The molecule has 19 heavy (non-hydrogen) atoms. The van der Waals surface area contributed by atoms with Crippen LogP contribution in [0.3, 0.4) is 0 Å². The quantitative estimate of drug-likeness (QED) is 0.903. The van der Waals surface area contributed by atoms with Gasteiger partial charge in [0.15, 0.2) is 0 Å². The number of halogens is 2. The van der Waals surface area contributed by atoms with Crippen molar-refractivity contribution in [2.24, 2.45) is 0 Å². The first kappa shape index (κ1) is 14.7. The Kier molecular flexibility index (Phi) is 5.58. The van der Waals surface area contributed by atoms with Crippen LogP contribution in [0.2, 0.25) is 5.02 Å². The van der Waals surface area contributed by atoms with Gasteiger partial charge < -0.3 is 9.84 Å². The Morgan fingerprint density at radius 1 is 1.37 bits per heavy atom. The SMILES string of the molecule is OCCOC1CCN(Cc2cc(Cl)ccc2F)CC1. The Morgan fingerprint density at radius 2 is 2.11 bits per heavy atom. The third-order valence-electron chi connectivity index (χ3n) is 3.38. The van der Waals surface area contributed by atoms with Crippen molar-refractivity contribution in [3.8, 4) is 0 Å². The van der Waals surface area contributed by atoms with E-state index in [2.05, 4.69) is 4.90 Å². The molecule has 0 aromatic heterocycles. The molecule has 1 N–H and O–H groups in total. The normalized spacial score (nSPS) is 17.8. The molecule has 0 atom stereocenters. The molecule has 2 rings (SSSR count). The van der Waals surface area contributed by atoms with E-state index in [1.165, 1.54) is 6.07 Å². The lowest BCUT2D eigenvalue weighted by Gasteiger charge is -2.31. The van der Waals surface area contributed by atoms with Gasteiger partial charge in [-0.2, -0.15) is 0 Å². The maximum absolute atomic E-state index is 13.6. The van der Waals surface area contributed by atoms with E-state index in [9.17, 15) is 4.39 Å². The highest BCUT2D eigenvalue weighted by Crippen LogP contribution is 2.20. The van der Waals surface area contributed by atoms with Crippen LogP contribution in [0.1, 0.15) is 18.4 Å². The molecule has 3 nitrogen and oxygen atoms in total. The fraction of sp³-hybridized carbons (Fsp3) is 0.571. The third-order valence-corrected chi connectivity index (χ3v) is 3.62. The van der Waals surface area contributed by atoms with E-state index >= 15 is 0 Å². The van der Waals surface area contributed by atoms with Crippen LogP contribution in [0.25, 0.3) is 0 Å². The fourth-order valence-corrected chi connectivity index (χ4v) is 2.55. The van der Waals surface area contributed by atoms with E-state index in [0.29, 0.717) is 23.7 Å². The Morgan fingerprint density at radius 3 is 2.79 bits per heavy atom. The fourth-order valence-electron chi connectivity index (χ4n) is 2.36.